The zero-order valence-electron chi connectivity index (χ0n) is 12.8. The van der Waals surface area contributed by atoms with Crippen LogP contribution in [0.15, 0.2) is 24.3 Å². The quantitative estimate of drug-likeness (QED) is 0.794. The van der Waals surface area contributed by atoms with Crippen LogP contribution in [0.4, 0.5) is 0 Å². The minimum atomic E-state index is -0.390. The number of ether oxygens (including phenoxy) is 1. The Bertz CT molecular complexity index is 421. The van der Waals surface area contributed by atoms with Gasteiger partial charge in [0, 0.05) is 7.05 Å². The summed E-state index contributed by atoms with van der Waals surface area (Å²) in [5.41, 5.74) is 6.98. The number of hydrogen-bond donors (Lipinski definition) is 1. The van der Waals surface area contributed by atoms with E-state index < -0.39 is 6.04 Å². The van der Waals surface area contributed by atoms with E-state index >= 15 is 0 Å². The lowest BCUT2D eigenvalue weighted by Gasteiger charge is -2.21. The van der Waals surface area contributed by atoms with E-state index in [0.29, 0.717) is 13.2 Å². The first-order valence-corrected chi connectivity index (χ1v) is 7.25. The second-order valence-corrected chi connectivity index (χ2v) is 5.12. The van der Waals surface area contributed by atoms with Gasteiger partial charge in [-0.2, -0.15) is 0 Å². The van der Waals surface area contributed by atoms with Crippen LogP contribution < -0.4 is 10.5 Å². The number of benzene rings is 1. The molecule has 4 heteroatoms. The van der Waals surface area contributed by atoms with Crippen LogP contribution in [0.5, 0.6) is 5.75 Å². The van der Waals surface area contributed by atoms with E-state index in [9.17, 15) is 4.79 Å². The van der Waals surface area contributed by atoms with Gasteiger partial charge in [0.2, 0.25) is 5.91 Å². The summed E-state index contributed by atoms with van der Waals surface area (Å²) in [5.74, 6) is 0.857. The van der Waals surface area contributed by atoms with E-state index in [-0.39, 0.29) is 5.91 Å². The SMILES string of the molecule is CCCC[C@H](N)C(=O)N(C)CCOc1ccccc1C. The molecule has 0 radical (unpaired) electrons. The molecular formula is C16H26N2O2. The van der Waals surface area contributed by atoms with Crippen LogP contribution in [0.25, 0.3) is 0 Å². The lowest BCUT2D eigenvalue weighted by atomic mass is 10.1. The number of nitrogens with two attached hydrogens (primary N) is 1. The highest BCUT2D eigenvalue weighted by Gasteiger charge is 2.17. The summed E-state index contributed by atoms with van der Waals surface area (Å²) in [6.07, 6.45) is 2.79. The van der Waals surface area contributed by atoms with Crippen LogP contribution in [-0.2, 0) is 4.79 Å². The molecule has 1 amide bonds. The van der Waals surface area contributed by atoms with Crippen molar-refractivity contribution in [3.8, 4) is 5.75 Å². The van der Waals surface area contributed by atoms with Crippen molar-refractivity contribution in [3.63, 3.8) is 0 Å². The largest absolute Gasteiger partial charge is 0.491 e. The maximum absolute atomic E-state index is 12.0. The second-order valence-electron chi connectivity index (χ2n) is 5.12. The summed E-state index contributed by atoms with van der Waals surface area (Å²) in [4.78, 5) is 13.7. The maximum atomic E-state index is 12.0. The highest BCUT2D eigenvalue weighted by atomic mass is 16.5. The lowest BCUT2D eigenvalue weighted by Crippen LogP contribution is -2.43. The van der Waals surface area contributed by atoms with Crippen molar-refractivity contribution in [1.82, 2.24) is 4.90 Å². The second kappa shape index (κ2) is 8.59. The van der Waals surface area contributed by atoms with Crippen molar-refractivity contribution >= 4 is 5.91 Å². The van der Waals surface area contributed by atoms with Gasteiger partial charge in [-0.1, -0.05) is 38.0 Å². The maximum Gasteiger partial charge on any atom is 0.239 e. The van der Waals surface area contributed by atoms with Gasteiger partial charge in [-0.15, -0.1) is 0 Å². The lowest BCUT2D eigenvalue weighted by molar-refractivity contribution is -0.131. The molecule has 1 aromatic carbocycles. The fourth-order valence-electron chi connectivity index (χ4n) is 1.95. The summed E-state index contributed by atoms with van der Waals surface area (Å²) in [7, 11) is 1.77. The van der Waals surface area contributed by atoms with Crippen LogP contribution in [-0.4, -0.2) is 37.0 Å². The van der Waals surface area contributed by atoms with Gasteiger partial charge in [-0.3, -0.25) is 4.79 Å². The number of carbonyl (C=O) groups excluding carboxylic acids is 1. The zero-order chi connectivity index (χ0) is 15.0. The molecule has 0 fully saturated rings. The van der Waals surface area contributed by atoms with Crippen LogP contribution in [0.2, 0.25) is 0 Å². The molecule has 0 aliphatic rings. The summed E-state index contributed by atoms with van der Waals surface area (Å²) in [5, 5.41) is 0. The number of likely N-dealkylation sites (N-methyl/N-ethyl adjacent to an activating group) is 1. The van der Waals surface area contributed by atoms with E-state index in [1.165, 1.54) is 0 Å². The average Bonchev–Trinajstić information content (AvgIpc) is 2.45. The number of carbonyl (C=O) groups is 1. The first-order chi connectivity index (χ1) is 9.56. The van der Waals surface area contributed by atoms with Crippen molar-refractivity contribution in [1.29, 1.82) is 0 Å². The molecule has 0 aliphatic carbocycles. The van der Waals surface area contributed by atoms with Gasteiger partial charge < -0.3 is 15.4 Å². The molecule has 2 N–H and O–H groups in total. The Kier molecular flexibility index (Phi) is 7.09. The molecule has 0 heterocycles. The summed E-state index contributed by atoms with van der Waals surface area (Å²) >= 11 is 0. The minimum Gasteiger partial charge on any atom is -0.491 e. The number of rotatable bonds is 8. The average molecular weight is 278 g/mol. The van der Waals surface area contributed by atoms with Crippen molar-refractivity contribution in [2.75, 3.05) is 20.2 Å². The molecule has 0 saturated heterocycles. The van der Waals surface area contributed by atoms with Gasteiger partial charge in [-0.05, 0) is 25.0 Å². The van der Waals surface area contributed by atoms with Crippen LogP contribution in [0.3, 0.4) is 0 Å². The predicted molar refractivity (Wildman–Crippen MR) is 81.8 cm³/mol. The molecule has 4 nitrogen and oxygen atoms in total. The van der Waals surface area contributed by atoms with Crippen molar-refractivity contribution < 1.29 is 9.53 Å². The Balaban J connectivity index is 2.34. The monoisotopic (exact) mass is 278 g/mol. The Morgan fingerprint density at radius 1 is 1.40 bits per heavy atom. The Morgan fingerprint density at radius 3 is 2.75 bits per heavy atom. The molecule has 1 aromatic rings. The molecule has 1 rings (SSSR count). The van der Waals surface area contributed by atoms with E-state index in [0.717, 1.165) is 30.6 Å². The molecule has 0 saturated carbocycles. The summed E-state index contributed by atoms with van der Waals surface area (Å²) in [6, 6.07) is 7.47. The summed E-state index contributed by atoms with van der Waals surface area (Å²) in [6.45, 7) is 5.13. The van der Waals surface area contributed by atoms with Gasteiger partial charge >= 0.3 is 0 Å². The molecule has 0 aromatic heterocycles. The van der Waals surface area contributed by atoms with Gasteiger partial charge in [0.05, 0.1) is 12.6 Å². The first kappa shape index (κ1) is 16.5. The highest BCUT2D eigenvalue weighted by Crippen LogP contribution is 2.15. The topological polar surface area (TPSA) is 55.6 Å². The third kappa shape index (κ3) is 5.21. The smallest absolute Gasteiger partial charge is 0.239 e. The molecule has 112 valence electrons. The number of amides is 1. The van der Waals surface area contributed by atoms with Crippen LogP contribution in [0, 0.1) is 6.92 Å². The molecule has 0 spiro atoms. The zero-order valence-corrected chi connectivity index (χ0v) is 12.8. The van der Waals surface area contributed by atoms with Crippen LogP contribution in [0.1, 0.15) is 31.7 Å². The Hall–Kier alpha value is -1.55. The molecule has 0 aliphatic heterocycles. The van der Waals surface area contributed by atoms with E-state index in [2.05, 4.69) is 6.92 Å². The van der Waals surface area contributed by atoms with E-state index in [1.807, 2.05) is 31.2 Å². The molecule has 20 heavy (non-hydrogen) atoms. The molecular weight excluding hydrogens is 252 g/mol. The summed E-state index contributed by atoms with van der Waals surface area (Å²) < 4.78 is 5.68. The van der Waals surface area contributed by atoms with Gasteiger partial charge in [0.1, 0.15) is 12.4 Å². The van der Waals surface area contributed by atoms with Gasteiger partial charge in [0.15, 0.2) is 0 Å². The third-order valence-corrected chi connectivity index (χ3v) is 3.34. The molecule has 0 unspecified atom stereocenters. The third-order valence-electron chi connectivity index (χ3n) is 3.34. The van der Waals surface area contributed by atoms with Gasteiger partial charge in [0.25, 0.3) is 0 Å². The Labute approximate surface area is 121 Å². The van der Waals surface area contributed by atoms with Crippen LogP contribution >= 0.6 is 0 Å². The van der Waals surface area contributed by atoms with Crippen molar-refractivity contribution in [3.05, 3.63) is 29.8 Å². The number of unbranched alkanes of at least 4 members (excludes halogenated alkanes) is 1. The standard InChI is InChI=1S/C16H26N2O2/c1-4-5-9-14(17)16(19)18(3)11-12-20-15-10-7-6-8-13(15)2/h6-8,10,14H,4-5,9,11-12,17H2,1-3H3/t14-/m0/s1. The van der Waals surface area contributed by atoms with Crippen molar-refractivity contribution in [2.24, 2.45) is 5.73 Å². The van der Waals surface area contributed by atoms with Gasteiger partial charge in [-0.25, -0.2) is 0 Å². The molecule has 1 atom stereocenters. The van der Waals surface area contributed by atoms with E-state index in [4.69, 9.17) is 10.5 Å². The van der Waals surface area contributed by atoms with E-state index in [1.54, 1.807) is 11.9 Å². The fourth-order valence-corrected chi connectivity index (χ4v) is 1.95. The van der Waals surface area contributed by atoms with Crippen molar-refractivity contribution in [2.45, 2.75) is 39.2 Å². The molecule has 0 bridgehead atoms. The number of para-hydroxylation sites is 1. The predicted octanol–water partition coefficient (Wildman–Crippen LogP) is 2.35. The highest BCUT2D eigenvalue weighted by molar-refractivity contribution is 5.81. The minimum absolute atomic E-state index is 0.00756. The first-order valence-electron chi connectivity index (χ1n) is 7.25. The fraction of sp³-hybridized carbons (Fsp3) is 0.562. The number of hydrogen-bond acceptors (Lipinski definition) is 3. The normalized spacial score (nSPS) is 12.0. The number of aryl methyl sites for hydroxylation is 1. The Morgan fingerprint density at radius 2 is 2.10 bits per heavy atom. The number of nitrogens with zero attached hydrogens (tertiary/aromatic N) is 1.